The maximum Gasteiger partial charge on any atom is 1.00 e. The van der Waals surface area contributed by atoms with E-state index in [2.05, 4.69) is 23.0 Å². The van der Waals surface area contributed by atoms with Gasteiger partial charge in [-0.2, -0.15) is 12.1 Å². The molecule has 0 aliphatic carbocycles. The Morgan fingerprint density at radius 3 is 2.19 bits per heavy atom. The summed E-state index contributed by atoms with van der Waals surface area (Å²) in [5.74, 6) is -0.661. The number of aryl methyl sites for hydroxylation is 1. The van der Waals surface area contributed by atoms with Gasteiger partial charge in [0.1, 0.15) is 17.5 Å². The summed E-state index contributed by atoms with van der Waals surface area (Å²) in [5.41, 5.74) is 3.85. The van der Waals surface area contributed by atoms with E-state index in [-0.39, 0.29) is 43.9 Å². The Morgan fingerprint density at radius 2 is 1.65 bits per heavy atom. The molecule has 0 aromatic heterocycles. The zero-order chi connectivity index (χ0) is 35.0. The van der Waals surface area contributed by atoms with Gasteiger partial charge in [0.05, 0.1) is 27.9 Å². The number of halogens is 4. The first-order valence-electron chi connectivity index (χ1n) is 14.6. The van der Waals surface area contributed by atoms with Crippen molar-refractivity contribution in [1.29, 1.82) is 0 Å². The van der Waals surface area contributed by atoms with E-state index in [4.69, 9.17) is 18.9 Å². The smallest absolute Gasteiger partial charge is 0.496 e. The molecule has 0 unspecified atom stereocenters. The van der Waals surface area contributed by atoms with Crippen LogP contribution in [0, 0.1) is 32.2 Å². The monoisotopic (exact) mass is 669 g/mol. The maximum absolute atomic E-state index is 14.3. The van der Waals surface area contributed by atoms with Crippen molar-refractivity contribution in [1.82, 2.24) is 5.32 Å². The second-order valence-electron chi connectivity index (χ2n) is 10.0. The molecule has 3 aromatic rings. The zero-order valence-electron chi connectivity index (χ0n) is 28.1. The molecule has 1 N–H and O–H groups in total. The third-order valence-electron chi connectivity index (χ3n) is 6.69. The molecule has 0 radical (unpaired) electrons. The van der Waals surface area contributed by atoms with E-state index < -0.39 is 36.5 Å². The Morgan fingerprint density at radius 1 is 1.00 bits per heavy atom. The van der Waals surface area contributed by atoms with Gasteiger partial charge in [0, 0.05) is 30.8 Å². The summed E-state index contributed by atoms with van der Waals surface area (Å²) < 4.78 is 74.0. The molecular weight excluding hydrogens is 629 g/mol. The van der Waals surface area contributed by atoms with Gasteiger partial charge in [0.2, 0.25) is 5.91 Å². The van der Waals surface area contributed by atoms with E-state index in [1.807, 2.05) is 43.3 Å². The van der Waals surface area contributed by atoms with Crippen molar-refractivity contribution in [2.24, 2.45) is 0 Å². The van der Waals surface area contributed by atoms with Gasteiger partial charge in [-0.05, 0) is 41.3 Å². The predicted octanol–water partition coefficient (Wildman–Crippen LogP) is 3.20. The maximum atomic E-state index is 14.3. The number of esters is 1. The van der Waals surface area contributed by atoms with Crippen LogP contribution in [0.25, 0.3) is 0 Å². The van der Waals surface area contributed by atoms with E-state index in [9.17, 15) is 27.2 Å². The molecule has 0 saturated carbocycles. The Hall–Kier alpha value is -3.56. The van der Waals surface area contributed by atoms with Crippen molar-refractivity contribution in [2.45, 2.75) is 45.5 Å². The van der Waals surface area contributed by atoms with E-state index in [0.717, 1.165) is 28.3 Å². The van der Waals surface area contributed by atoms with Crippen LogP contribution in [0.3, 0.4) is 0 Å². The van der Waals surface area contributed by atoms with Crippen molar-refractivity contribution >= 4 is 11.9 Å². The topological polar surface area (TPSA) is 92.3 Å². The van der Waals surface area contributed by atoms with Gasteiger partial charge < -0.3 is 35.9 Å². The average Bonchev–Trinajstić information content (AvgIpc) is 3.03. The summed E-state index contributed by atoms with van der Waals surface area (Å²) in [6.45, 7) is 7.44. The molecule has 0 aliphatic heterocycles. The molecule has 0 saturated heterocycles. The third-order valence-corrected chi connectivity index (χ3v) is 6.69. The molecule has 13 heteroatoms. The van der Waals surface area contributed by atoms with Crippen LogP contribution in [-0.2, 0) is 38.5 Å². The number of methoxy groups -OCH3 is 3. The van der Waals surface area contributed by atoms with E-state index in [1.54, 1.807) is 21.1 Å². The molecule has 0 bridgehead atoms. The number of alkyl halides is 3. The Kier molecular flexibility index (Phi) is 18.9. The summed E-state index contributed by atoms with van der Waals surface area (Å²) in [7, 11) is 4.46. The van der Waals surface area contributed by atoms with Gasteiger partial charge >= 0.3 is 24.8 Å². The van der Waals surface area contributed by atoms with Gasteiger partial charge in [-0.15, -0.1) is 11.6 Å². The number of amides is 1. The van der Waals surface area contributed by atoms with Crippen LogP contribution in [0.4, 0.5) is 17.6 Å². The fraction of sp³-hybridized carbons (Fsp3) is 0.371. The summed E-state index contributed by atoms with van der Waals surface area (Å²) in [6.07, 6.45) is -3.42. The SMILES string of the molecule is CCOCc1cc(OC)c(Cc2cccc(C[C@H](NC(=O)c3c(C)c[c-]cc3F)C(=O)OC)c2)c(OC)c1.[CH2-]COC[CH-]C(F)(F)F.[Li+]. The number of carbonyl (C=O) groups is 2. The molecule has 0 heterocycles. The Labute approximate surface area is 291 Å². The van der Waals surface area contributed by atoms with Crippen molar-refractivity contribution in [2.75, 3.05) is 41.2 Å². The average molecular weight is 670 g/mol. The van der Waals surface area contributed by atoms with Gasteiger partial charge in [-0.1, -0.05) is 44.4 Å². The van der Waals surface area contributed by atoms with Crippen LogP contribution in [-0.4, -0.2) is 65.2 Å². The molecule has 3 rings (SSSR count). The fourth-order valence-corrected chi connectivity index (χ4v) is 4.49. The Balaban J connectivity index is 0.00000101. The van der Waals surface area contributed by atoms with Gasteiger partial charge in [0.15, 0.2) is 0 Å². The quantitative estimate of drug-likeness (QED) is 0.0875. The Bertz CT molecular complexity index is 1410. The first kappa shape index (κ1) is 42.5. The number of rotatable bonds is 15. The zero-order valence-corrected chi connectivity index (χ0v) is 28.1. The minimum atomic E-state index is -4.23. The summed E-state index contributed by atoms with van der Waals surface area (Å²) in [6, 6.07) is 15.7. The molecule has 0 aliphatic rings. The number of benzene rings is 3. The minimum absolute atomic E-state index is 0. The van der Waals surface area contributed by atoms with Crippen molar-refractivity contribution in [3.05, 3.63) is 107 Å². The molecule has 8 nitrogen and oxygen atoms in total. The fourth-order valence-electron chi connectivity index (χ4n) is 4.49. The first-order chi connectivity index (χ1) is 22.4. The minimum Gasteiger partial charge on any atom is -0.496 e. The molecular formula is C35H40F4LiNO7-2. The van der Waals surface area contributed by atoms with Crippen LogP contribution >= 0.6 is 0 Å². The standard InChI is InChI=1S/C30H33FNO6.C5H7F3O.Li/c1-6-38-18-22-16-26(35-3)23(27(17-22)36-4)14-20-10-8-11-21(13-20)15-25(30(34)37-5)32-29(33)28-19(2)9-7-12-24(28)31;1-2-9-4-3-5(6,7)8;/h8-13,16-17,25H,6,14-15,18H2,1-5H3,(H,32,33);3H,1-2,4H2;/q-1;-2;+1/t25-;;/m0../s1. The van der Waals surface area contributed by atoms with E-state index in [0.29, 0.717) is 36.7 Å². The molecule has 3 aromatic carbocycles. The molecule has 48 heavy (non-hydrogen) atoms. The number of nitrogens with one attached hydrogen (secondary N) is 1. The molecule has 0 fully saturated rings. The number of carbonyl (C=O) groups excluding carboxylic acids is 2. The number of ether oxygens (including phenoxy) is 5. The summed E-state index contributed by atoms with van der Waals surface area (Å²) in [5, 5.41) is 2.62. The van der Waals surface area contributed by atoms with Crippen molar-refractivity contribution < 1.29 is 69.7 Å². The summed E-state index contributed by atoms with van der Waals surface area (Å²) >= 11 is 0. The van der Waals surface area contributed by atoms with Gasteiger partial charge in [-0.25, -0.2) is 24.4 Å². The first-order valence-corrected chi connectivity index (χ1v) is 14.6. The van der Waals surface area contributed by atoms with Crippen molar-refractivity contribution in [3.8, 4) is 11.5 Å². The van der Waals surface area contributed by atoms with Crippen LogP contribution in [0.1, 0.15) is 45.1 Å². The predicted molar refractivity (Wildman–Crippen MR) is 168 cm³/mol. The van der Waals surface area contributed by atoms with Gasteiger partial charge in [0.25, 0.3) is 6.18 Å². The van der Waals surface area contributed by atoms with Crippen LogP contribution < -0.4 is 33.7 Å². The van der Waals surface area contributed by atoms with Crippen molar-refractivity contribution in [3.63, 3.8) is 0 Å². The normalized spacial score (nSPS) is 11.4. The van der Waals surface area contributed by atoms with Crippen LogP contribution in [0.15, 0.2) is 48.5 Å². The molecule has 1 atom stereocenters. The van der Waals surface area contributed by atoms with Crippen LogP contribution in [0.5, 0.6) is 11.5 Å². The second-order valence-corrected chi connectivity index (χ2v) is 10.0. The van der Waals surface area contributed by atoms with E-state index in [1.165, 1.54) is 13.2 Å². The molecule has 0 spiro atoms. The van der Waals surface area contributed by atoms with Gasteiger partial charge in [-0.3, -0.25) is 9.18 Å². The number of hydrogen-bond donors (Lipinski definition) is 1. The summed E-state index contributed by atoms with van der Waals surface area (Å²) in [4.78, 5) is 25.4. The second kappa shape index (κ2) is 21.4. The number of hydrogen-bond acceptors (Lipinski definition) is 7. The van der Waals surface area contributed by atoms with Crippen LogP contribution in [0.2, 0.25) is 0 Å². The molecule has 1 amide bonds. The van der Waals surface area contributed by atoms with E-state index >= 15 is 0 Å². The molecule has 258 valence electrons. The largest absolute Gasteiger partial charge is 1.00 e. The third kappa shape index (κ3) is 13.9.